The summed E-state index contributed by atoms with van der Waals surface area (Å²) in [6.07, 6.45) is 10.9. The van der Waals surface area contributed by atoms with Crippen LogP contribution in [0.1, 0.15) is 38.2 Å². The zero-order valence-corrected chi connectivity index (χ0v) is 14.4. The van der Waals surface area contributed by atoms with Crippen molar-refractivity contribution in [1.29, 1.82) is 0 Å². The predicted molar refractivity (Wildman–Crippen MR) is 95.1 cm³/mol. The fourth-order valence-corrected chi connectivity index (χ4v) is 3.53. The first-order valence-electron chi connectivity index (χ1n) is 8.79. The minimum atomic E-state index is -0.111. The molecular weight excluding hydrogens is 332 g/mol. The first-order chi connectivity index (χ1) is 12.8. The van der Waals surface area contributed by atoms with Crippen molar-refractivity contribution in [3.8, 4) is 0 Å². The summed E-state index contributed by atoms with van der Waals surface area (Å²) in [5.74, 6) is 0.420. The van der Waals surface area contributed by atoms with Gasteiger partial charge in [0.1, 0.15) is 5.60 Å². The van der Waals surface area contributed by atoms with Crippen LogP contribution in [0.4, 0.5) is 11.6 Å². The normalized spacial score (nSPS) is 17.8. The number of aromatic nitrogens is 6. The second-order valence-corrected chi connectivity index (χ2v) is 6.68. The van der Waals surface area contributed by atoms with Gasteiger partial charge in [0.15, 0.2) is 5.65 Å². The Kier molecular flexibility index (Phi) is 3.34. The molecule has 3 aromatic heterocycles. The summed E-state index contributed by atoms with van der Waals surface area (Å²) in [6.45, 7) is 2.78. The molecule has 0 radical (unpaired) electrons. The Balaban J connectivity index is 1.61. The van der Waals surface area contributed by atoms with Crippen molar-refractivity contribution in [3.05, 3.63) is 30.4 Å². The number of oxime groups is 1. The maximum absolute atomic E-state index is 5.76. The third-order valence-electron chi connectivity index (χ3n) is 5.10. The highest BCUT2D eigenvalue weighted by Gasteiger charge is 2.45. The van der Waals surface area contributed by atoms with Crippen LogP contribution in [0.2, 0.25) is 0 Å². The fourth-order valence-electron chi connectivity index (χ4n) is 3.53. The number of rotatable bonds is 4. The van der Waals surface area contributed by atoms with E-state index in [1.54, 1.807) is 12.4 Å². The molecule has 26 heavy (non-hydrogen) atoms. The van der Waals surface area contributed by atoms with Crippen molar-refractivity contribution >= 4 is 28.4 Å². The lowest BCUT2D eigenvalue weighted by Crippen LogP contribution is -2.37. The van der Waals surface area contributed by atoms with Crippen molar-refractivity contribution in [2.45, 2.75) is 44.8 Å². The second kappa shape index (κ2) is 5.72. The monoisotopic (exact) mass is 350 g/mol. The zero-order valence-electron chi connectivity index (χ0n) is 14.4. The Morgan fingerprint density at radius 3 is 2.85 bits per heavy atom. The highest BCUT2D eigenvalue weighted by Crippen LogP contribution is 2.44. The Morgan fingerprint density at radius 2 is 2.15 bits per heavy atom. The van der Waals surface area contributed by atoms with E-state index in [9.17, 15) is 0 Å². The Bertz CT molecular complexity index is 993. The summed E-state index contributed by atoms with van der Waals surface area (Å²) in [5.41, 5.74) is 3.32. The minimum absolute atomic E-state index is 0.111. The quantitative estimate of drug-likeness (QED) is 0.770. The van der Waals surface area contributed by atoms with Gasteiger partial charge in [-0.15, -0.1) is 5.10 Å². The standard InChI is InChI=1S/C17H18N8O/c1-2-25-15-12(10-21-25)14(22-16-18-6-7-20-23-16)11(9-19-15)13-8-17(26-24-13)4-3-5-17/h6-7,9-10H,2-5,8H2,1H3,(H,18,19,22,23). The maximum Gasteiger partial charge on any atom is 0.247 e. The topological polar surface area (TPSA) is 103 Å². The van der Waals surface area contributed by atoms with Crippen LogP contribution in [0.15, 0.2) is 29.9 Å². The van der Waals surface area contributed by atoms with Crippen molar-refractivity contribution < 1.29 is 4.84 Å². The number of aryl methyl sites for hydroxylation is 1. The summed E-state index contributed by atoms with van der Waals surface area (Å²) in [6, 6.07) is 0. The number of hydrogen-bond acceptors (Lipinski definition) is 8. The molecule has 1 spiro atoms. The molecule has 0 unspecified atom stereocenters. The van der Waals surface area contributed by atoms with E-state index in [2.05, 4.69) is 35.7 Å². The van der Waals surface area contributed by atoms with E-state index in [1.807, 2.05) is 24.0 Å². The number of fused-ring (bicyclic) bond motifs is 1. The smallest absolute Gasteiger partial charge is 0.247 e. The van der Waals surface area contributed by atoms with Gasteiger partial charge in [-0.05, 0) is 26.2 Å². The maximum atomic E-state index is 5.76. The molecule has 9 nitrogen and oxygen atoms in total. The van der Waals surface area contributed by atoms with Gasteiger partial charge >= 0.3 is 0 Å². The van der Waals surface area contributed by atoms with Gasteiger partial charge in [-0.25, -0.2) is 14.6 Å². The minimum Gasteiger partial charge on any atom is -0.389 e. The van der Waals surface area contributed by atoms with E-state index < -0.39 is 0 Å². The molecule has 0 saturated heterocycles. The molecular formula is C17H18N8O. The van der Waals surface area contributed by atoms with Gasteiger partial charge in [0.05, 0.1) is 35.4 Å². The zero-order chi connectivity index (χ0) is 17.6. The average Bonchev–Trinajstić information content (AvgIpc) is 3.27. The molecule has 1 saturated carbocycles. The highest BCUT2D eigenvalue weighted by atomic mass is 16.7. The van der Waals surface area contributed by atoms with Gasteiger partial charge in [0, 0.05) is 24.7 Å². The second-order valence-electron chi connectivity index (χ2n) is 6.68. The largest absolute Gasteiger partial charge is 0.389 e. The van der Waals surface area contributed by atoms with E-state index in [1.165, 1.54) is 6.42 Å². The molecule has 4 heterocycles. The fraction of sp³-hybridized carbons (Fsp3) is 0.412. The van der Waals surface area contributed by atoms with Crippen LogP contribution in [-0.2, 0) is 11.4 Å². The lowest BCUT2D eigenvalue weighted by molar-refractivity contribution is -0.0755. The highest BCUT2D eigenvalue weighted by molar-refractivity contribution is 6.11. The molecule has 0 aromatic carbocycles. The van der Waals surface area contributed by atoms with Gasteiger partial charge < -0.3 is 10.2 Å². The van der Waals surface area contributed by atoms with Gasteiger partial charge in [0.2, 0.25) is 5.95 Å². The number of nitrogens with one attached hydrogen (secondary N) is 1. The molecule has 132 valence electrons. The van der Waals surface area contributed by atoms with Gasteiger partial charge in [-0.2, -0.15) is 10.2 Å². The Hall–Kier alpha value is -3.10. The van der Waals surface area contributed by atoms with Crippen molar-refractivity contribution in [2.75, 3.05) is 5.32 Å². The first-order valence-corrected chi connectivity index (χ1v) is 8.79. The van der Waals surface area contributed by atoms with E-state index in [4.69, 9.17) is 4.84 Å². The Labute approximate surface area is 149 Å². The predicted octanol–water partition coefficient (Wildman–Crippen LogP) is 2.43. The van der Waals surface area contributed by atoms with Crippen LogP contribution in [0.3, 0.4) is 0 Å². The summed E-state index contributed by atoms with van der Waals surface area (Å²) >= 11 is 0. The van der Waals surface area contributed by atoms with Crippen molar-refractivity contribution in [1.82, 2.24) is 29.9 Å². The number of hydrogen-bond donors (Lipinski definition) is 1. The van der Waals surface area contributed by atoms with E-state index in [0.717, 1.165) is 53.8 Å². The first kappa shape index (κ1) is 15.2. The molecule has 1 N–H and O–H groups in total. The molecule has 1 aliphatic carbocycles. The third kappa shape index (κ3) is 2.31. The van der Waals surface area contributed by atoms with Crippen LogP contribution < -0.4 is 5.32 Å². The average molecular weight is 350 g/mol. The Morgan fingerprint density at radius 1 is 1.23 bits per heavy atom. The lowest BCUT2D eigenvalue weighted by Gasteiger charge is -2.34. The van der Waals surface area contributed by atoms with Crippen LogP contribution >= 0.6 is 0 Å². The molecule has 0 amide bonds. The number of pyridine rings is 1. The van der Waals surface area contributed by atoms with E-state index in [-0.39, 0.29) is 5.60 Å². The molecule has 5 rings (SSSR count). The molecule has 1 aliphatic heterocycles. The number of anilines is 2. The summed E-state index contributed by atoms with van der Waals surface area (Å²) in [7, 11) is 0. The van der Waals surface area contributed by atoms with Crippen molar-refractivity contribution in [3.63, 3.8) is 0 Å². The summed E-state index contributed by atoms with van der Waals surface area (Å²) in [5, 5.41) is 20.9. The third-order valence-corrected chi connectivity index (χ3v) is 5.10. The van der Waals surface area contributed by atoms with E-state index >= 15 is 0 Å². The molecule has 1 fully saturated rings. The molecule has 2 aliphatic rings. The molecule has 0 bridgehead atoms. The van der Waals surface area contributed by atoms with Gasteiger partial charge in [0.25, 0.3) is 0 Å². The van der Waals surface area contributed by atoms with E-state index in [0.29, 0.717) is 5.95 Å². The van der Waals surface area contributed by atoms with Crippen LogP contribution in [0, 0.1) is 0 Å². The molecule has 9 heteroatoms. The van der Waals surface area contributed by atoms with Gasteiger partial charge in [-0.1, -0.05) is 5.16 Å². The molecule has 3 aromatic rings. The van der Waals surface area contributed by atoms with Crippen molar-refractivity contribution in [2.24, 2.45) is 5.16 Å². The van der Waals surface area contributed by atoms with Crippen LogP contribution in [0.25, 0.3) is 11.0 Å². The molecule has 0 atom stereocenters. The summed E-state index contributed by atoms with van der Waals surface area (Å²) in [4.78, 5) is 14.6. The number of nitrogens with zero attached hydrogens (tertiary/aromatic N) is 7. The van der Waals surface area contributed by atoms with Crippen LogP contribution in [0.5, 0.6) is 0 Å². The van der Waals surface area contributed by atoms with Gasteiger partial charge in [-0.3, -0.25) is 0 Å². The SMILES string of the molecule is CCn1ncc2c(Nc3nccnn3)c(C3=NOC4(CCC4)C3)cnc21. The van der Waals surface area contributed by atoms with Crippen LogP contribution in [-0.4, -0.2) is 41.3 Å². The lowest BCUT2D eigenvalue weighted by atomic mass is 9.76. The summed E-state index contributed by atoms with van der Waals surface area (Å²) < 4.78 is 1.86.